The van der Waals surface area contributed by atoms with Crippen LogP contribution in [0.2, 0.25) is 0 Å². The van der Waals surface area contributed by atoms with Crippen molar-refractivity contribution in [3.63, 3.8) is 0 Å². The second-order valence-corrected chi connectivity index (χ2v) is 2.72. The van der Waals surface area contributed by atoms with Crippen molar-refractivity contribution in [2.24, 2.45) is 0 Å². The van der Waals surface area contributed by atoms with Gasteiger partial charge in [0.25, 0.3) is 0 Å². The Hall–Kier alpha value is -1.23. The van der Waals surface area contributed by atoms with E-state index in [-0.39, 0.29) is 11.7 Å². The molecule has 1 rings (SSSR count). The molecule has 0 aromatic carbocycles. The number of aliphatic hydroxyl groups excluding tert-OH is 1. The third kappa shape index (κ3) is 1.68. The Kier molecular flexibility index (Phi) is 2.54. The molecule has 0 aliphatic carbocycles. The summed E-state index contributed by atoms with van der Waals surface area (Å²) < 4.78 is 1.47. The van der Waals surface area contributed by atoms with E-state index in [9.17, 15) is 9.90 Å². The van der Waals surface area contributed by atoms with E-state index in [0.29, 0.717) is 6.29 Å². The first kappa shape index (κ1) is 8.86. The first-order valence-corrected chi connectivity index (χ1v) is 3.70. The van der Waals surface area contributed by atoms with E-state index < -0.39 is 6.10 Å². The van der Waals surface area contributed by atoms with Crippen molar-refractivity contribution in [1.82, 2.24) is 15.0 Å². The van der Waals surface area contributed by atoms with Crippen LogP contribution in [0.15, 0.2) is 6.20 Å². The van der Waals surface area contributed by atoms with Crippen LogP contribution in [0, 0.1) is 0 Å². The summed E-state index contributed by atoms with van der Waals surface area (Å²) in [5, 5.41) is 16.4. The number of rotatable bonds is 3. The molecule has 2 atom stereocenters. The number of carbonyl (C=O) groups excluding carboxylic acids is 1. The van der Waals surface area contributed by atoms with Crippen molar-refractivity contribution in [1.29, 1.82) is 0 Å². The van der Waals surface area contributed by atoms with Crippen LogP contribution in [0.5, 0.6) is 0 Å². The van der Waals surface area contributed by atoms with Gasteiger partial charge in [-0.3, -0.25) is 4.79 Å². The van der Waals surface area contributed by atoms with Crippen molar-refractivity contribution < 1.29 is 9.90 Å². The molecule has 1 aromatic rings. The zero-order valence-electron chi connectivity index (χ0n) is 7.01. The van der Waals surface area contributed by atoms with E-state index in [1.54, 1.807) is 13.8 Å². The summed E-state index contributed by atoms with van der Waals surface area (Å²) in [4.78, 5) is 10.2. The van der Waals surface area contributed by atoms with Gasteiger partial charge in [0.05, 0.1) is 18.3 Å². The Balaban J connectivity index is 2.81. The summed E-state index contributed by atoms with van der Waals surface area (Å²) in [6.45, 7) is 3.46. The largest absolute Gasteiger partial charge is 0.391 e. The van der Waals surface area contributed by atoms with Crippen molar-refractivity contribution in [3.8, 4) is 0 Å². The fourth-order valence-electron chi connectivity index (χ4n) is 0.764. The van der Waals surface area contributed by atoms with Gasteiger partial charge in [-0.1, -0.05) is 5.21 Å². The fourth-order valence-corrected chi connectivity index (χ4v) is 0.764. The lowest BCUT2D eigenvalue weighted by atomic mass is 10.2. The van der Waals surface area contributed by atoms with Gasteiger partial charge in [-0.25, -0.2) is 4.68 Å². The van der Waals surface area contributed by atoms with Crippen molar-refractivity contribution in [3.05, 3.63) is 11.9 Å². The van der Waals surface area contributed by atoms with E-state index in [0.717, 1.165) is 0 Å². The first-order valence-electron chi connectivity index (χ1n) is 3.70. The smallest absolute Gasteiger partial charge is 0.171 e. The minimum absolute atomic E-state index is 0.161. The van der Waals surface area contributed by atoms with Crippen LogP contribution >= 0.6 is 0 Å². The molecule has 0 amide bonds. The van der Waals surface area contributed by atoms with Crippen molar-refractivity contribution in [2.75, 3.05) is 0 Å². The highest BCUT2D eigenvalue weighted by molar-refractivity contribution is 5.70. The van der Waals surface area contributed by atoms with Gasteiger partial charge in [0.15, 0.2) is 6.29 Å². The second-order valence-electron chi connectivity index (χ2n) is 2.72. The lowest BCUT2D eigenvalue weighted by molar-refractivity contribution is 0.111. The van der Waals surface area contributed by atoms with E-state index in [4.69, 9.17) is 0 Å². The van der Waals surface area contributed by atoms with Crippen LogP contribution in [0.25, 0.3) is 0 Å². The Morgan fingerprint density at radius 1 is 1.67 bits per heavy atom. The van der Waals surface area contributed by atoms with Gasteiger partial charge < -0.3 is 5.11 Å². The van der Waals surface area contributed by atoms with Crippen LogP contribution in [0.4, 0.5) is 0 Å². The highest BCUT2D eigenvalue weighted by atomic mass is 16.3. The third-order valence-corrected chi connectivity index (χ3v) is 1.76. The molecular formula is C7H11N3O2. The Morgan fingerprint density at radius 2 is 2.33 bits per heavy atom. The monoisotopic (exact) mass is 169 g/mol. The summed E-state index contributed by atoms with van der Waals surface area (Å²) in [7, 11) is 0. The summed E-state index contributed by atoms with van der Waals surface area (Å²) >= 11 is 0. The molecule has 66 valence electrons. The van der Waals surface area contributed by atoms with Crippen molar-refractivity contribution >= 4 is 6.29 Å². The van der Waals surface area contributed by atoms with Crippen LogP contribution in [0.1, 0.15) is 30.4 Å². The van der Waals surface area contributed by atoms with E-state index in [2.05, 4.69) is 10.3 Å². The average Bonchev–Trinajstić information content (AvgIpc) is 2.50. The normalized spacial score (nSPS) is 15.6. The first-order chi connectivity index (χ1) is 5.65. The molecule has 1 N–H and O–H groups in total. The number of carbonyl (C=O) groups is 1. The molecule has 0 saturated carbocycles. The minimum Gasteiger partial charge on any atom is -0.391 e. The zero-order valence-corrected chi connectivity index (χ0v) is 7.01. The van der Waals surface area contributed by atoms with Gasteiger partial charge in [-0.15, -0.1) is 5.10 Å². The van der Waals surface area contributed by atoms with Gasteiger partial charge in [0, 0.05) is 0 Å². The molecule has 5 nitrogen and oxygen atoms in total. The second kappa shape index (κ2) is 3.44. The maximum Gasteiger partial charge on any atom is 0.171 e. The Labute approximate surface area is 70.0 Å². The van der Waals surface area contributed by atoms with Crippen LogP contribution in [-0.2, 0) is 0 Å². The standard InChI is InChI=1S/C7H11N3O2/c1-5(6(2)12)10-3-7(4-11)8-9-10/h3-6,12H,1-2H3. The van der Waals surface area contributed by atoms with Gasteiger partial charge in [0.2, 0.25) is 0 Å². The number of aliphatic hydroxyl groups is 1. The van der Waals surface area contributed by atoms with Gasteiger partial charge >= 0.3 is 0 Å². The summed E-state index contributed by atoms with van der Waals surface area (Å²) in [5.41, 5.74) is 0.280. The van der Waals surface area contributed by atoms with Gasteiger partial charge in [-0.2, -0.15) is 0 Å². The molecule has 5 heteroatoms. The topological polar surface area (TPSA) is 68.0 Å². The molecule has 2 unspecified atom stereocenters. The fraction of sp³-hybridized carbons (Fsp3) is 0.571. The number of hydrogen-bond acceptors (Lipinski definition) is 4. The molecule has 12 heavy (non-hydrogen) atoms. The lowest BCUT2D eigenvalue weighted by Gasteiger charge is -2.13. The number of aldehydes is 1. The molecular weight excluding hydrogens is 158 g/mol. The molecule has 0 spiro atoms. The Morgan fingerprint density at radius 3 is 2.75 bits per heavy atom. The van der Waals surface area contributed by atoms with Gasteiger partial charge in [-0.05, 0) is 13.8 Å². The summed E-state index contributed by atoms with van der Waals surface area (Å²) in [6, 6.07) is -0.161. The highest BCUT2D eigenvalue weighted by Crippen LogP contribution is 2.08. The third-order valence-electron chi connectivity index (χ3n) is 1.76. The predicted molar refractivity (Wildman–Crippen MR) is 41.8 cm³/mol. The van der Waals surface area contributed by atoms with E-state index in [1.165, 1.54) is 10.9 Å². The summed E-state index contributed by atoms with van der Waals surface area (Å²) in [5.74, 6) is 0. The quantitative estimate of drug-likeness (QED) is 0.648. The van der Waals surface area contributed by atoms with Crippen LogP contribution in [0.3, 0.4) is 0 Å². The lowest BCUT2D eigenvalue weighted by Crippen LogP contribution is -2.18. The van der Waals surface area contributed by atoms with Gasteiger partial charge in [0.1, 0.15) is 5.69 Å². The molecule has 0 radical (unpaired) electrons. The molecule has 0 aliphatic heterocycles. The van der Waals surface area contributed by atoms with Crippen LogP contribution in [-0.4, -0.2) is 32.5 Å². The minimum atomic E-state index is -0.508. The molecule has 0 saturated heterocycles. The molecule has 1 heterocycles. The van der Waals surface area contributed by atoms with E-state index >= 15 is 0 Å². The van der Waals surface area contributed by atoms with Crippen molar-refractivity contribution in [2.45, 2.75) is 26.0 Å². The zero-order chi connectivity index (χ0) is 9.14. The molecule has 1 aromatic heterocycles. The highest BCUT2D eigenvalue weighted by Gasteiger charge is 2.12. The maximum absolute atomic E-state index is 10.2. The SMILES string of the molecule is CC(O)C(C)n1cc(C=O)nn1. The molecule has 0 aliphatic rings. The number of aromatic nitrogens is 3. The molecule has 0 bridgehead atoms. The maximum atomic E-state index is 10.2. The number of hydrogen-bond donors (Lipinski definition) is 1. The van der Waals surface area contributed by atoms with E-state index in [1.807, 2.05) is 0 Å². The number of nitrogens with zero attached hydrogens (tertiary/aromatic N) is 3. The average molecular weight is 169 g/mol. The molecule has 0 fully saturated rings. The predicted octanol–water partition coefficient (Wildman–Crippen LogP) is 0.0324. The van der Waals surface area contributed by atoms with Crippen LogP contribution < -0.4 is 0 Å². The summed E-state index contributed by atoms with van der Waals surface area (Å²) in [6.07, 6.45) is 1.62. The Bertz CT molecular complexity index is 269.